The van der Waals surface area contributed by atoms with Gasteiger partial charge in [-0.1, -0.05) is 6.07 Å². The Morgan fingerprint density at radius 2 is 2.00 bits per heavy atom. The number of rotatable bonds is 5. The van der Waals surface area contributed by atoms with Crippen LogP contribution in [0.2, 0.25) is 0 Å². The smallest absolute Gasteiger partial charge is 0.231 e. The summed E-state index contributed by atoms with van der Waals surface area (Å²) < 4.78 is 0. The molecule has 3 heterocycles. The quantitative estimate of drug-likeness (QED) is 0.587. The van der Waals surface area contributed by atoms with E-state index in [0.29, 0.717) is 36.9 Å². The molecule has 8 nitrogen and oxygen atoms in total. The molecule has 0 radical (unpaired) electrons. The molecule has 0 bridgehead atoms. The Morgan fingerprint density at radius 1 is 1.16 bits per heavy atom. The maximum Gasteiger partial charge on any atom is 0.231 e. The number of nitrogens with zero attached hydrogens (tertiary/aromatic N) is 3. The molecule has 1 amide bonds. The number of piperidine rings is 1. The third-order valence-corrected chi connectivity index (χ3v) is 6.32. The SMILES string of the molecule is NC(=O)CC1CCN(c2nc(Nc3ccc4c(c3)CCC(=O)C4)nc3[nH]ccc23)CC1. The second-order valence-corrected chi connectivity index (χ2v) is 8.54. The van der Waals surface area contributed by atoms with Crippen LogP contribution in [0.3, 0.4) is 0 Å². The summed E-state index contributed by atoms with van der Waals surface area (Å²) in [6, 6.07) is 8.10. The third-order valence-electron chi connectivity index (χ3n) is 6.32. The summed E-state index contributed by atoms with van der Waals surface area (Å²) in [6.07, 6.45) is 6.09. The summed E-state index contributed by atoms with van der Waals surface area (Å²) >= 11 is 0. The molecule has 8 heteroatoms. The van der Waals surface area contributed by atoms with Gasteiger partial charge in [-0.15, -0.1) is 0 Å². The number of nitrogens with two attached hydrogens (primary N) is 1. The maximum atomic E-state index is 11.7. The molecule has 0 spiro atoms. The van der Waals surface area contributed by atoms with E-state index in [-0.39, 0.29) is 5.91 Å². The predicted octanol–water partition coefficient (Wildman–Crippen LogP) is 2.85. The molecule has 1 aliphatic heterocycles. The van der Waals surface area contributed by atoms with Crippen molar-refractivity contribution in [3.05, 3.63) is 41.6 Å². The van der Waals surface area contributed by atoms with E-state index in [1.54, 1.807) is 0 Å². The molecule has 2 aliphatic rings. The van der Waals surface area contributed by atoms with Crippen molar-refractivity contribution in [2.24, 2.45) is 11.7 Å². The van der Waals surface area contributed by atoms with Gasteiger partial charge >= 0.3 is 0 Å². The van der Waals surface area contributed by atoms with E-state index in [0.717, 1.165) is 60.5 Å². The maximum absolute atomic E-state index is 11.7. The average Bonchev–Trinajstić information content (AvgIpc) is 3.22. The van der Waals surface area contributed by atoms with Gasteiger partial charge in [0.2, 0.25) is 11.9 Å². The molecule has 160 valence electrons. The first-order valence-electron chi connectivity index (χ1n) is 10.8. The number of carbonyl (C=O) groups excluding carboxylic acids is 2. The largest absolute Gasteiger partial charge is 0.370 e. The van der Waals surface area contributed by atoms with Crippen LogP contribution in [0.15, 0.2) is 30.5 Å². The number of aromatic nitrogens is 3. The summed E-state index contributed by atoms with van der Waals surface area (Å²) in [5, 5.41) is 4.34. The van der Waals surface area contributed by atoms with Crippen molar-refractivity contribution in [1.82, 2.24) is 15.0 Å². The number of aryl methyl sites for hydroxylation is 1. The van der Waals surface area contributed by atoms with E-state index in [1.165, 1.54) is 5.56 Å². The lowest BCUT2D eigenvalue weighted by Crippen LogP contribution is -2.35. The summed E-state index contributed by atoms with van der Waals surface area (Å²) in [4.78, 5) is 37.9. The number of primary amides is 1. The van der Waals surface area contributed by atoms with Crippen molar-refractivity contribution >= 4 is 40.2 Å². The van der Waals surface area contributed by atoms with Gasteiger partial charge in [0.25, 0.3) is 0 Å². The number of benzene rings is 1. The lowest BCUT2D eigenvalue weighted by molar-refractivity contribution is -0.119. The third kappa shape index (κ3) is 4.10. The van der Waals surface area contributed by atoms with Crippen LogP contribution in [0.4, 0.5) is 17.5 Å². The fourth-order valence-corrected chi connectivity index (χ4v) is 4.67. The van der Waals surface area contributed by atoms with Crippen molar-refractivity contribution in [3.63, 3.8) is 0 Å². The second kappa shape index (κ2) is 8.02. The number of Topliss-reactive ketones (excluding diaryl/α,β-unsaturated/α-hetero) is 1. The van der Waals surface area contributed by atoms with Crippen LogP contribution < -0.4 is 16.0 Å². The van der Waals surface area contributed by atoms with E-state index in [2.05, 4.69) is 26.3 Å². The molecule has 5 rings (SSSR count). The standard InChI is InChI=1S/C23H26N6O2/c24-20(31)11-14-6-9-29(10-7-14)22-19-5-8-25-21(19)27-23(28-22)26-17-3-1-16-13-18(30)4-2-15(16)12-17/h1,3,5,8,12,14H,2,4,6-7,9-11,13H2,(H2,24,31)(H2,25,26,27,28). The molecule has 0 saturated carbocycles. The zero-order valence-corrected chi connectivity index (χ0v) is 17.4. The number of fused-ring (bicyclic) bond motifs is 2. The van der Waals surface area contributed by atoms with Gasteiger partial charge in [-0.05, 0) is 54.5 Å². The Balaban J connectivity index is 1.39. The number of amides is 1. The predicted molar refractivity (Wildman–Crippen MR) is 119 cm³/mol. The highest BCUT2D eigenvalue weighted by molar-refractivity contribution is 5.89. The van der Waals surface area contributed by atoms with E-state index in [4.69, 9.17) is 10.7 Å². The number of anilines is 3. The molecule has 1 fully saturated rings. The highest BCUT2D eigenvalue weighted by Crippen LogP contribution is 2.31. The Morgan fingerprint density at radius 3 is 2.81 bits per heavy atom. The molecular formula is C23H26N6O2. The average molecular weight is 419 g/mol. The van der Waals surface area contributed by atoms with Gasteiger partial charge in [0.05, 0.1) is 5.39 Å². The zero-order valence-electron chi connectivity index (χ0n) is 17.4. The topological polar surface area (TPSA) is 117 Å². The molecule has 1 aromatic carbocycles. The summed E-state index contributed by atoms with van der Waals surface area (Å²) in [6.45, 7) is 1.67. The van der Waals surface area contributed by atoms with Gasteiger partial charge in [-0.25, -0.2) is 0 Å². The molecule has 1 aliphatic carbocycles. The van der Waals surface area contributed by atoms with E-state index in [1.807, 2.05) is 24.4 Å². The van der Waals surface area contributed by atoms with Gasteiger partial charge in [0.15, 0.2) is 0 Å². The molecular weight excluding hydrogens is 392 g/mol. The van der Waals surface area contributed by atoms with Crippen molar-refractivity contribution < 1.29 is 9.59 Å². The van der Waals surface area contributed by atoms with E-state index < -0.39 is 0 Å². The van der Waals surface area contributed by atoms with Crippen molar-refractivity contribution in [2.75, 3.05) is 23.3 Å². The van der Waals surface area contributed by atoms with Gasteiger partial charge in [0, 0.05) is 44.2 Å². The van der Waals surface area contributed by atoms with Crippen LogP contribution in [-0.2, 0) is 22.4 Å². The minimum absolute atomic E-state index is 0.227. The van der Waals surface area contributed by atoms with Gasteiger partial charge in [-0.2, -0.15) is 9.97 Å². The monoisotopic (exact) mass is 418 g/mol. The number of ketones is 1. The van der Waals surface area contributed by atoms with Gasteiger partial charge in [0.1, 0.15) is 17.2 Å². The molecule has 1 saturated heterocycles. The first kappa shape index (κ1) is 19.5. The van der Waals surface area contributed by atoms with Crippen molar-refractivity contribution in [2.45, 2.75) is 38.5 Å². The van der Waals surface area contributed by atoms with Gasteiger partial charge < -0.3 is 20.9 Å². The fraction of sp³-hybridized carbons (Fsp3) is 0.391. The minimum atomic E-state index is -0.227. The number of nitrogens with one attached hydrogen (secondary N) is 2. The van der Waals surface area contributed by atoms with Crippen LogP contribution in [0, 0.1) is 5.92 Å². The van der Waals surface area contributed by atoms with E-state index in [9.17, 15) is 9.59 Å². The fourth-order valence-electron chi connectivity index (χ4n) is 4.67. The molecule has 2 aromatic heterocycles. The highest BCUT2D eigenvalue weighted by atomic mass is 16.1. The Labute approximate surface area is 180 Å². The van der Waals surface area contributed by atoms with Crippen LogP contribution in [0.25, 0.3) is 11.0 Å². The van der Waals surface area contributed by atoms with Crippen LogP contribution >= 0.6 is 0 Å². The second-order valence-electron chi connectivity index (χ2n) is 8.54. The normalized spacial score (nSPS) is 17.0. The molecule has 31 heavy (non-hydrogen) atoms. The van der Waals surface area contributed by atoms with Crippen LogP contribution in [0.5, 0.6) is 0 Å². The molecule has 0 atom stereocenters. The number of hydrogen-bond acceptors (Lipinski definition) is 6. The van der Waals surface area contributed by atoms with Crippen molar-refractivity contribution in [3.8, 4) is 0 Å². The number of carbonyl (C=O) groups is 2. The lowest BCUT2D eigenvalue weighted by Gasteiger charge is -2.32. The minimum Gasteiger partial charge on any atom is -0.370 e. The first-order valence-corrected chi connectivity index (χ1v) is 10.8. The number of hydrogen-bond donors (Lipinski definition) is 3. The first-order chi connectivity index (χ1) is 15.0. The van der Waals surface area contributed by atoms with E-state index >= 15 is 0 Å². The number of aromatic amines is 1. The zero-order chi connectivity index (χ0) is 21.4. The summed E-state index contributed by atoms with van der Waals surface area (Å²) in [5.41, 5.74) is 9.40. The molecule has 4 N–H and O–H groups in total. The lowest BCUT2D eigenvalue weighted by atomic mass is 9.90. The molecule has 3 aromatic rings. The Kier molecular flexibility index (Phi) is 5.05. The van der Waals surface area contributed by atoms with Gasteiger partial charge in [-0.3, -0.25) is 9.59 Å². The van der Waals surface area contributed by atoms with Crippen molar-refractivity contribution in [1.29, 1.82) is 0 Å². The Hall–Kier alpha value is -3.42. The Bertz CT molecular complexity index is 1150. The number of H-pyrrole nitrogens is 1. The molecule has 0 unspecified atom stereocenters. The summed E-state index contributed by atoms with van der Waals surface area (Å²) in [5.74, 6) is 1.86. The van der Waals surface area contributed by atoms with Crippen LogP contribution in [-0.4, -0.2) is 39.7 Å². The summed E-state index contributed by atoms with van der Waals surface area (Å²) in [7, 11) is 0. The van der Waals surface area contributed by atoms with Crippen LogP contribution in [0.1, 0.15) is 36.8 Å². The highest BCUT2D eigenvalue weighted by Gasteiger charge is 2.24.